The van der Waals surface area contributed by atoms with Crippen LogP contribution in [0.15, 0.2) is 35.7 Å². The number of nitrogens with zero attached hydrogens (tertiary/aromatic N) is 1. The van der Waals surface area contributed by atoms with Crippen molar-refractivity contribution < 1.29 is 9.13 Å². The van der Waals surface area contributed by atoms with Crippen LogP contribution >= 0.6 is 23.7 Å². The molecule has 1 aromatic carbocycles. The van der Waals surface area contributed by atoms with Crippen molar-refractivity contribution in [1.82, 2.24) is 10.2 Å². The molecule has 0 amide bonds. The minimum Gasteiger partial charge on any atom is -0.497 e. The first kappa shape index (κ1) is 17.2. The van der Waals surface area contributed by atoms with Crippen molar-refractivity contribution in [2.24, 2.45) is 0 Å². The molecule has 120 valence electrons. The predicted octanol–water partition coefficient (Wildman–Crippen LogP) is 3.31. The van der Waals surface area contributed by atoms with Gasteiger partial charge in [0.05, 0.1) is 13.2 Å². The van der Waals surface area contributed by atoms with E-state index >= 15 is 0 Å². The molecule has 0 unspecified atom stereocenters. The molecule has 2 heterocycles. The van der Waals surface area contributed by atoms with Crippen LogP contribution < -0.4 is 10.1 Å². The van der Waals surface area contributed by atoms with Gasteiger partial charge in [0, 0.05) is 36.6 Å². The Morgan fingerprint density at radius 2 is 2.05 bits per heavy atom. The Labute approximate surface area is 140 Å². The summed E-state index contributed by atoms with van der Waals surface area (Å²) in [5, 5.41) is 5.39. The standard InChI is InChI=1S/C16H19FN2OS.ClH/c1-20-12-4-5-14(17)13(11-12)16(15-3-2-10-21-15)19-8-6-18-7-9-19;/h2-5,10-11,16,18H,6-9H2,1H3;1H/t16-;/m1./s1. The second-order valence-electron chi connectivity index (χ2n) is 5.09. The highest BCUT2D eigenvalue weighted by Crippen LogP contribution is 2.35. The van der Waals surface area contributed by atoms with E-state index in [1.165, 1.54) is 10.9 Å². The van der Waals surface area contributed by atoms with Crippen LogP contribution in [0.2, 0.25) is 0 Å². The van der Waals surface area contributed by atoms with E-state index in [9.17, 15) is 4.39 Å². The van der Waals surface area contributed by atoms with Gasteiger partial charge >= 0.3 is 0 Å². The minimum absolute atomic E-state index is 0. The highest BCUT2D eigenvalue weighted by atomic mass is 35.5. The molecule has 22 heavy (non-hydrogen) atoms. The minimum atomic E-state index is -0.173. The maximum absolute atomic E-state index is 14.4. The number of ether oxygens (including phenoxy) is 1. The molecule has 0 spiro atoms. The van der Waals surface area contributed by atoms with E-state index in [2.05, 4.69) is 16.3 Å². The predicted molar refractivity (Wildman–Crippen MR) is 90.8 cm³/mol. The topological polar surface area (TPSA) is 24.5 Å². The molecule has 1 aliphatic rings. The lowest BCUT2D eigenvalue weighted by Gasteiger charge is -2.35. The van der Waals surface area contributed by atoms with E-state index in [0.717, 1.165) is 26.2 Å². The maximum Gasteiger partial charge on any atom is 0.128 e. The van der Waals surface area contributed by atoms with E-state index in [-0.39, 0.29) is 24.3 Å². The lowest BCUT2D eigenvalue weighted by Crippen LogP contribution is -2.45. The van der Waals surface area contributed by atoms with Gasteiger partial charge in [-0.05, 0) is 29.6 Å². The summed E-state index contributed by atoms with van der Waals surface area (Å²) in [7, 11) is 1.61. The number of thiophene rings is 1. The monoisotopic (exact) mass is 342 g/mol. The van der Waals surface area contributed by atoms with Gasteiger partial charge in [-0.25, -0.2) is 4.39 Å². The summed E-state index contributed by atoms with van der Waals surface area (Å²) in [5.74, 6) is 0.524. The van der Waals surface area contributed by atoms with Gasteiger partial charge in [0.15, 0.2) is 0 Å². The van der Waals surface area contributed by atoms with E-state index in [4.69, 9.17) is 4.74 Å². The molecular weight excluding hydrogens is 323 g/mol. The Hall–Kier alpha value is -1.14. The molecular formula is C16H20ClFN2OS. The zero-order valence-electron chi connectivity index (χ0n) is 12.4. The largest absolute Gasteiger partial charge is 0.497 e. The fourth-order valence-corrected chi connectivity index (χ4v) is 3.65. The van der Waals surface area contributed by atoms with Crippen molar-refractivity contribution in [2.45, 2.75) is 6.04 Å². The molecule has 3 rings (SSSR count). The lowest BCUT2D eigenvalue weighted by molar-refractivity contribution is 0.197. The zero-order chi connectivity index (χ0) is 14.7. The number of hydrogen-bond donors (Lipinski definition) is 1. The zero-order valence-corrected chi connectivity index (χ0v) is 14.1. The van der Waals surface area contributed by atoms with Gasteiger partial charge in [-0.1, -0.05) is 6.07 Å². The fourth-order valence-electron chi connectivity index (χ4n) is 2.78. The number of hydrogen-bond acceptors (Lipinski definition) is 4. The highest BCUT2D eigenvalue weighted by Gasteiger charge is 2.27. The van der Waals surface area contributed by atoms with Crippen molar-refractivity contribution in [3.63, 3.8) is 0 Å². The van der Waals surface area contributed by atoms with Gasteiger partial charge in [0.2, 0.25) is 0 Å². The van der Waals surface area contributed by atoms with Crippen molar-refractivity contribution in [3.8, 4) is 5.75 Å². The van der Waals surface area contributed by atoms with Gasteiger partial charge < -0.3 is 10.1 Å². The molecule has 1 aliphatic heterocycles. The number of nitrogens with one attached hydrogen (secondary N) is 1. The molecule has 0 radical (unpaired) electrons. The molecule has 2 aromatic rings. The molecule has 1 fully saturated rings. The quantitative estimate of drug-likeness (QED) is 0.922. The molecule has 1 N–H and O–H groups in total. The van der Waals surface area contributed by atoms with E-state index < -0.39 is 0 Å². The van der Waals surface area contributed by atoms with Crippen molar-refractivity contribution in [1.29, 1.82) is 0 Å². The van der Waals surface area contributed by atoms with Gasteiger partial charge in [-0.3, -0.25) is 4.90 Å². The van der Waals surface area contributed by atoms with Crippen LogP contribution in [0.1, 0.15) is 16.5 Å². The highest BCUT2D eigenvalue weighted by molar-refractivity contribution is 7.10. The van der Waals surface area contributed by atoms with Crippen LogP contribution in [-0.2, 0) is 0 Å². The van der Waals surface area contributed by atoms with Crippen molar-refractivity contribution >= 4 is 23.7 Å². The van der Waals surface area contributed by atoms with E-state index in [1.807, 2.05) is 17.5 Å². The SMILES string of the molecule is COc1ccc(F)c([C@H](c2cccs2)N2CCNCC2)c1.Cl. The van der Waals surface area contributed by atoms with E-state index in [1.54, 1.807) is 24.5 Å². The van der Waals surface area contributed by atoms with Gasteiger partial charge in [0.1, 0.15) is 11.6 Å². The normalized spacial score (nSPS) is 16.8. The number of methoxy groups -OCH3 is 1. The summed E-state index contributed by atoms with van der Waals surface area (Å²) in [5.41, 5.74) is 0.693. The number of piperazine rings is 1. The summed E-state index contributed by atoms with van der Waals surface area (Å²) in [6.07, 6.45) is 0. The Kier molecular flexibility index (Phi) is 6.20. The van der Waals surface area contributed by atoms with Gasteiger partial charge in [0.25, 0.3) is 0 Å². The number of rotatable bonds is 4. The Morgan fingerprint density at radius 3 is 2.68 bits per heavy atom. The molecule has 0 aliphatic carbocycles. The van der Waals surface area contributed by atoms with Crippen LogP contribution in [0.5, 0.6) is 5.75 Å². The summed E-state index contributed by atoms with van der Waals surface area (Å²) >= 11 is 1.67. The summed E-state index contributed by atoms with van der Waals surface area (Å²) < 4.78 is 19.7. The first-order valence-corrected chi connectivity index (χ1v) is 7.99. The van der Waals surface area contributed by atoms with E-state index in [0.29, 0.717) is 11.3 Å². The van der Waals surface area contributed by atoms with Crippen molar-refractivity contribution in [3.05, 3.63) is 52.0 Å². The van der Waals surface area contributed by atoms with Crippen LogP contribution in [0, 0.1) is 5.82 Å². The molecule has 6 heteroatoms. The Bertz CT molecular complexity index is 588. The van der Waals surface area contributed by atoms with Crippen LogP contribution in [0.25, 0.3) is 0 Å². The second-order valence-corrected chi connectivity index (χ2v) is 6.07. The smallest absolute Gasteiger partial charge is 0.128 e. The summed E-state index contributed by atoms with van der Waals surface area (Å²) in [6.45, 7) is 3.71. The molecule has 3 nitrogen and oxygen atoms in total. The summed E-state index contributed by atoms with van der Waals surface area (Å²) in [6, 6.07) is 9.05. The third kappa shape index (κ3) is 3.60. The average Bonchev–Trinajstić information content (AvgIpc) is 3.04. The first-order valence-electron chi connectivity index (χ1n) is 7.11. The average molecular weight is 343 g/mol. The molecule has 1 saturated heterocycles. The van der Waals surface area contributed by atoms with Crippen LogP contribution in [0.4, 0.5) is 4.39 Å². The third-order valence-electron chi connectivity index (χ3n) is 3.83. The van der Waals surface area contributed by atoms with Crippen LogP contribution in [0.3, 0.4) is 0 Å². The van der Waals surface area contributed by atoms with Gasteiger partial charge in [-0.2, -0.15) is 0 Å². The molecule has 0 bridgehead atoms. The Morgan fingerprint density at radius 1 is 1.27 bits per heavy atom. The molecule has 1 aromatic heterocycles. The Balaban J connectivity index is 0.00000176. The lowest BCUT2D eigenvalue weighted by atomic mass is 10.0. The number of benzene rings is 1. The second kappa shape index (κ2) is 7.92. The number of halogens is 2. The first-order chi connectivity index (χ1) is 10.3. The summed E-state index contributed by atoms with van der Waals surface area (Å²) in [4.78, 5) is 3.50. The van der Waals surface area contributed by atoms with Gasteiger partial charge in [-0.15, -0.1) is 23.7 Å². The van der Waals surface area contributed by atoms with Crippen molar-refractivity contribution in [2.75, 3.05) is 33.3 Å². The third-order valence-corrected chi connectivity index (χ3v) is 4.75. The fraction of sp³-hybridized carbons (Fsp3) is 0.375. The van der Waals surface area contributed by atoms with Crippen LogP contribution in [-0.4, -0.2) is 38.2 Å². The molecule has 0 saturated carbocycles. The molecule has 1 atom stereocenters. The maximum atomic E-state index is 14.4.